The molecule has 1 aromatic rings. The van der Waals surface area contributed by atoms with Gasteiger partial charge < -0.3 is 19.5 Å². The maximum Gasteiger partial charge on any atom is 0.314 e. The van der Waals surface area contributed by atoms with Crippen LogP contribution in [-0.2, 0) is 35.2 Å². The number of hydrogen-bond acceptors (Lipinski definition) is 11. The van der Waals surface area contributed by atoms with Crippen LogP contribution >= 0.6 is 43.2 Å². The highest BCUT2D eigenvalue weighted by Gasteiger charge is 2.23. The van der Waals surface area contributed by atoms with E-state index in [2.05, 4.69) is 5.32 Å². The van der Waals surface area contributed by atoms with Crippen molar-refractivity contribution in [2.75, 3.05) is 18.3 Å². The normalized spacial score (nSPS) is 17.8. The van der Waals surface area contributed by atoms with E-state index < -0.39 is 5.41 Å². The molecule has 12 heteroatoms. The number of esters is 3. The lowest BCUT2D eigenvalue weighted by atomic mass is 9.98. The van der Waals surface area contributed by atoms with Crippen LogP contribution in [0, 0.1) is 12.3 Å². The number of amides is 1. The largest absolute Gasteiger partial charge is 0.428 e. The second-order valence-corrected chi connectivity index (χ2v) is 17.5. The smallest absolute Gasteiger partial charge is 0.314 e. The Labute approximate surface area is 279 Å². The second kappa shape index (κ2) is 21.3. The van der Waals surface area contributed by atoms with Crippen LogP contribution in [0.15, 0.2) is 18.2 Å². The van der Waals surface area contributed by atoms with Gasteiger partial charge in [-0.05, 0) is 83.4 Å². The van der Waals surface area contributed by atoms with Gasteiger partial charge in [-0.3, -0.25) is 19.2 Å². The average molecular weight is 688 g/mol. The standard InChI is InChI=1S/C18H25NO3S2.C14H24O4S2/c1-13-7-8-15(11-17(13)22-14(2)20)12-19-18(21)6-4-3-5-16-9-10-23-24-16;1-14(2,3)13(16)18-10-17-12(15)7-5-4-6-11-8-9-19-20-11/h7-8,11,16H,3-6,9-10,12H2,1-2H3,(H,19,21);11H,4-10H2,1-3H3/t16-;11-/m11/s1. The zero-order valence-corrected chi connectivity index (χ0v) is 30.0. The van der Waals surface area contributed by atoms with E-state index in [0.29, 0.717) is 25.1 Å². The molecule has 0 radical (unpaired) electrons. The van der Waals surface area contributed by atoms with Gasteiger partial charge in [-0.15, -0.1) is 0 Å². The Kier molecular flexibility index (Phi) is 18.7. The third kappa shape index (κ3) is 17.3. The number of carbonyl (C=O) groups is 4. The lowest BCUT2D eigenvalue weighted by Gasteiger charge is -2.16. The molecule has 0 bridgehead atoms. The number of carbonyl (C=O) groups excluding carboxylic acids is 4. The predicted octanol–water partition coefficient (Wildman–Crippen LogP) is 8.04. The molecule has 0 spiro atoms. The average Bonchev–Trinajstić information content (AvgIpc) is 3.68. The highest BCUT2D eigenvalue weighted by atomic mass is 33.1. The molecule has 1 amide bonds. The fourth-order valence-corrected chi connectivity index (χ4v) is 10.2. The summed E-state index contributed by atoms with van der Waals surface area (Å²) in [7, 11) is 7.86. The van der Waals surface area contributed by atoms with Crippen LogP contribution in [0.3, 0.4) is 0 Å². The van der Waals surface area contributed by atoms with E-state index in [4.69, 9.17) is 14.2 Å². The quantitative estimate of drug-likeness (QED) is 0.0636. The number of aryl methyl sites for hydroxylation is 1. The Morgan fingerprint density at radius 2 is 1.50 bits per heavy atom. The minimum atomic E-state index is -0.566. The highest BCUT2D eigenvalue weighted by Crippen LogP contribution is 2.40. The Bertz CT molecular complexity index is 1050. The number of rotatable bonds is 15. The number of hydrogen-bond donors (Lipinski definition) is 1. The Morgan fingerprint density at radius 1 is 0.886 bits per heavy atom. The molecule has 3 rings (SSSR count). The monoisotopic (exact) mass is 687 g/mol. The van der Waals surface area contributed by atoms with Gasteiger partial charge in [-0.2, -0.15) is 0 Å². The molecule has 8 nitrogen and oxygen atoms in total. The summed E-state index contributed by atoms with van der Waals surface area (Å²) in [4.78, 5) is 45.9. The van der Waals surface area contributed by atoms with E-state index >= 15 is 0 Å². The van der Waals surface area contributed by atoms with Crippen LogP contribution in [0.4, 0.5) is 0 Å². The molecule has 2 aliphatic heterocycles. The van der Waals surface area contributed by atoms with Crippen LogP contribution in [-0.4, -0.2) is 52.6 Å². The molecule has 2 heterocycles. The molecule has 0 saturated carbocycles. The Hall–Kier alpha value is -1.50. The number of nitrogens with one attached hydrogen (secondary N) is 1. The highest BCUT2D eigenvalue weighted by molar-refractivity contribution is 8.77. The summed E-state index contributed by atoms with van der Waals surface area (Å²) in [5.74, 6) is 2.16. The summed E-state index contributed by atoms with van der Waals surface area (Å²) in [6, 6.07) is 5.65. The van der Waals surface area contributed by atoms with Crippen LogP contribution in [0.1, 0.15) is 103 Å². The van der Waals surface area contributed by atoms with Crippen molar-refractivity contribution in [1.82, 2.24) is 5.32 Å². The number of benzene rings is 1. The fraction of sp³-hybridized carbons (Fsp3) is 0.688. The van der Waals surface area contributed by atoms with Crippen molar-refractivity contribution >= 4 is 67.0 Å². The summed E-state index contributed by atoms with van der Waals surface area (Å²) in [6.07, 6.45) is 9.90. The zero-order chi connectivity index (χ0) is 32.4. The Balaban J connectivity index is 0.000000312. The third-order valence-corrected chi connectivity index (χ3v) is 12.8. The summed E-state index contributed by atoms with van der Waals surface area (Å²) in [5, 5.41) is 4.47. The Morgan fingerprint density at radius 3 is 2.05 bits per heavy atom. The molecule has 44 heavy (non-hydrogen) atoms. The zero-order valence-electron chi connectivity index (χ0n) is 26.8. The maximum atomic E-state index is 11.9. The molecule has 1 aromatic carbocycles. The van der Waals surface area contributed by atoms with Crippen molar-refractivity contribution in [2.24, 2.45) is 5.41 Å². The van der Waals surface area contributed by atoms with E-state index in [0.717, 1.165) is 47.3 Å². The summed E-state index contributed by atoms with van der Waals surface area (Å²) in [5.41, 5.74) is 1.27. The van der Waals surface area contributed by atoms with Gasteiger partial charge in [0.1, 0.15) is 5.75 Å². The van der Waals surface area contributed by atoms with Crippen LogP contribution in [0.5, 0.6) is 5.75 Å². The van der Waals surface area contributed by atoms with E-state index in [1.54, 1.807) is 20.8 Å². The van der Waals surface area contributed by atoms with Gasteiger partial charge in [0.2, 0.25) is 12.7 Å². The molecule has 2 saturated heterocycles. The maximum absolute atomic E-state index is 11.9. The molecule has 2 aliphatic rings. The van der Waals surface area contributed by atoms with Crippen LogP contribution in [0.25, 0.3) is 0 Å². The summed E-state index contributed by atoms with van der Waals surface area (Å²) >= 11 is 0. The van der Waals surface area contributed by atoms with Crippen molar-refractivity contribution < 1.29 is 33.4 Å². The molecule has 0 unspecified atom stereocenters. The van der Waals surface area contributed by atoms with Crippen molar-refractivity contribution in [1.29, 1.82) is 0 Å². The molecule has 2 fully saturated rings. The van der Waals surface area contributed by atoms with Crippen molar-refractivity contribution in [3.63, 3.8) is 0 Å². The van der Waals surface area contributed by atoms with Gasteiger partial charge in [0.25, 0.3) is 0 Å². The van der Waals surface area contributed by atoms with Gasteiger partial charge in [0.15, 0.2) is 0 Å². The van der Waals surface area contributed by atoms with Crippen LogP contribution in [0.2, 0.25) is 0 Å². The van der Waals surface area contributed by atoms with Gasteiger partial charge in [-0.1, -0.05) is 68.1 Å². The summed E-state index contributed by atoms with van der Waals surface area (Å²) < 4.78 is 14.9. The summed E-state index contributed by atoms with van der Waals surface area (Å²) in [6.45, 7) is 8.74. The number of ether oxygens (including phenoxy) is 3. The molecule has 0 aromatic heterocycles. The van der Waals surface area contributed by atoms with Crippen molar-refractivity contribution in [2.45, 2.75) is 116 Å². The van der Waals surface area contributed by atoms with E-state index in [-0.39, 0.29) is 30.6 Å². The van der Waals surface area contributed by atoms with Crippen LogP contribution < -0.4 is 10.1 Å². The van der Waals surface area contributed by atoms with E-state index in [1.165, 1.54) is 44.1 Å². The predicted molar refractivity (Wildman–Crippen MR) is 185 cm³/mol. The topological polar surface area (TPSA) is 108 Å². The first-order valence-electron chi connectivity index (χ1n) is 15.4. The van der Waals surface area contributed by atoms with Crippen molar-refractivity contribution in [3.05, 3.63) is 29.3 Å². The minimum Gasteiger partial charge on any atom is -0.428 e. The third-order valence-electron chi connectivity index (χ3n) is 6.81. The first-order chi connectivity index (χ1) is 20.9. The van der Waals surface area contributed by atoms with E-state index in [1.807, 2.05) is 68.3 Å². The van der Waals surface area contributed by atoms with Crippen molar-refractivity contribution in [3.8, 4) is 5.75 Å². The molecular weight excluding hydrogens is 639 g/mol. The van der Waals surface area contributed by atoms with Gasteiger partial charge in [-0.25, -0.2) is 0 Å². The number of unbranched alkanes of at least 4 members (excludes halogenated alkanes) is 2. The van der Waals surface area contributed by atoms with Gasteiger partial charge >= 0.3 is 17.9 Å². The molecule has 0 aliphatic carbocycles. The molecule has 248 valence electrons. The SMILES string of the molecule is CC(=O)Oc1cc(CNC(=O)CCCC[C@@H]2CCSS2)ccc1C.CC(C)(C)C(=O)OCOC(=O)CCCC[C@@H]1CCSS1. The molecule has 1 N–H and O–H groups in total. The minimum absolute atomic E-state index is 0.0815. The fourth-order valence-electron chi connectivity index (χ4n) is 4.17. The van der Waals surface area contributed by atoms with Gasteiger partial charge in [0, 0.05) is 48.3 Å². The first-order valence-corrected chi connectivity index (χ1v) is 20.1. The van der Waals surface area contributed by atoms with Gasteiger partial charge in [0.05, 0.1) is 5.41 Å². The molecular formula is C32H49NO7S4. The molecule has 2 atom stereocenters. The van der Waals surface area contributed by atoms with E-state index in [9.17, 15) is 19.2 Å². The first kappa shape index (κ1) is 38.7. The lowest BCUT2D eigenvalue weighted by Crippen LogP contribution is -2.24. The lowest BCUT2D eigenvalue weighted by molar-refractivity contribution is -0.173. The second-order valence-electron chi connectivity index (χ2n) is 11.9.